The van der Waals surface area contributed by atoms with Crippen molar-refractivity contribution in [2.75, 3.05) is 14.2 Å². The van der Waals surface area contributed by atoms with Crippen LogP contribution < -0.4 is 9.47 Å². The summed E-state index contributed by atoms with van der Waals surface area (Å²) in [4.78, 5) is 7.75. The zero-order valence-electron chi connectivity index (χ0n) is 13.0. The summed E-state index contributed by atoms with van der Waals surface area (Å²) < 4.78 is 10.6. The zero-order chi connectivity index (χ0) is 16.2. The van der Waals surface area contributed by atoms with Crippen molar-refractivity contribution in [3.05, 3.63) is 53.9 Å². The average Bonchev–Trinajstić information content (AvgIpc) is 3.03. The lowest BCUT2D eigenvalue weighted by Crippen LogP contribution is -2.03. The molecule has 0 bridgehead atoms. The van der Waals surface area contributed by atoms with E-state index < -0.39 is 0 Å². The van der Waals surface area contributed by atoms with Gasteiger partial charge in [0.1, 0.15) is 11.7 Å². The Morgan fingerprint density at radius 1 is 1.13 bits per heavy atom. The summed E-state index contributed by atoms with van der Waals surface area (Å²) in [5.74, 6) is 1.67. The summed E-state index contributed by atoms with van der Waals surface area (Å²) in [6.45, 7) is 0. The molecule has 0 aliphatic heterocycles. The van der Waals surface area contributed by atoms with Gasteiger partial charge in [0.15, 0.2) is 11.5 Å². The van der Waals surface area contributed by atoms with Crippen molar-refractivity contribution >= 4 is 11.0 Å². The molecule has 116 valence electrons. The Hall–Kier alpha value is -3.00. The first-order valence-corrected chi connectivity index (χ1v) is 7.30. The third-order valence-electron chi connectivity index (χ3n) is 3.78. The predicted octanol–water partition coefficient (Wildman–Crippen LogP) is 3.43. The molecule has 0 spiro atoms. The molecule has 1 heterocycles. The number of H-pyrrole nitrogens is 1. The van der Waals surface area contributed by atoms with E-state index in [4.69, 9.17) is 9.47 Å². The van der Waals surface area contributed by atoms with E-state index in [1.54, 1.807) is 14.2 Å². The highest BCUT2D eigenvalue weighted by Crippen LogP contribution is 2.30. The molecule has 2 aromatic carbocycles. The molecule has 0 fully saturated rings. The van der Waals surface area contributed by atoms with Gasteiger partial charge in [-0.25, -0.2) is 4.98 Å². The Morgan fingerprint density at radius 2 is 1.91 bits per heavy atom. The summed E-state index contributed by atoms with van der Waals surface area (Å²) in [5.41, 5.74) is 2.81. The number of benzene rings is 2. The quantitative estimate of drug-likeness (QED) is 0.784. The number of fused-ring (bicyclic) bond motifs is 1. The minimum atomic E-state index is -0.347. The van der Waals surface area contributed by atoms with Gasteiger partial charge in [0.2, 0.25) is 0 Å². The van der Waals surface area contributed by atoms with Crippen molar-refractivity contribution in [2.24, 2.45) is 0 Å². The number of hydrogen-bond donors (Lipinski definition) is 1. The van der Waals surface area contributed by atoms with Gasteiger partial charge in [-0.05, 0) is 36.2 Å². The fourth-order valence-electron chi connectivity index (χ4n) is 2.58. The second kappa shape index (κ2) is 6.41. The van der Waals surface area contributed by atoms with Gasteiger partial charge in [0.05, 0.1) is 31.3 Å². The van der Waals surface area contributed by atoms with Gasteiger partial charge in [-0.2, -0.15) is 5.26 Å². The van der Waals surface area contributed by atoms with Gasteiger partial charge in [-0.15, -0.1) is 0 Å². The molecule has 1 N–H and O–H groups in total. The number of ether oxygens (including phenoxy) is 2. The van der Waals surface area contributed by atoms with Crippen molar-refractivity contribution < 1.29 is 9.47 Å². The van der Waals surface area contributed by atoms with Crippen molar-refractivity contribution in [3.8, 4) is 17.6 Å². The van der Waals surface area contributed by atoms with E-state index in [1.165, 1.54) is 0 Å². The smallest absolute Gasteiger partial charge is 0.160 e. The second-order valence-corrected chi connectivity index (χ2v) is 5.21. The average molecular weight is 307 g/mol. The van der Waals surface area contributed by atoms with Gasteiger partial charge < -0.3 is 14.5 Å². The Bertz CT molecular complexity index is 831. The molecule has 3 rings (SSSR count). The van der Waals surface area contributed by atoms with Crippen molar-refractivity contribution in [3.63, 3.8) is 0 Å². The van der Waals surface area contributed by atoms with Crippen LogP contribution in [-0.2, 0) is 6.42 Å². The lowest BCUT2D eigenvalue weighted by Gasteiger charge is -2.11. The SMILES string of the molecule is COc1ccc(CC(C#N)c2nc3ccccc3[nH]2)cc1OC. The molecule has 0 amide bonds. The first-order valence-electron chi connectivity index (χ1n) is 7.30. The van der Waals surface area contributed by atoms with E-state index in [0.29, 0.717) is 23.7 Å². The summed E-state index contributed by atoms with van der Waals surface area (Å²) in [7, 11) is 3.20. The fraction of sp³-hybridized carbons (Fsp3) is 0.222. The van der Waals surface area contributed by atoms with E-state index in [2.05, 4.69) is 16.0 Å². The fourth-order valence-corrected chi connectivity index (χ4v) is 2.58. The molecule has 5 nitrogen and oxygen atoms in total. The van der Waals surface area contributed by atoms with E-state index >= 15 is 0 Å². The number of aromatic amines is 1. The zero-order valence-corrected chi connectivity index (χ0v) is 13.0. The van der Waals surface area contributed by atoms with Crippen molar-refractivity contribution in [2.45, 2.75) is 12.3 Å². The molecule has 0 radical (unpaired) electrons. The molecule has 1 aromatic heterocycles. The first-order chi connectivity index (χ1) is 11.2. The van der Waals surface area contributed by atoms with Crippen LogP contribution in [0, 0.1) is 11.3 Å². The predicted molar refractivity (Wildman–Crippen MR) is 87.7 cm³/mol. The lowest BCUT2D eigenvalue weighted by molar-refractivity contribution is 0.354. The minimum Gasteiger partial charge on any atom is -0.493 e. The van der Waals surface area contributed by atoms with Crippen molar-refractivity contribution in [1.29, 1.82) is 5.26 Å². The molecular formula is C18H17N3O2. The Kier molecular flexibility index (Phi) is 4.15. The number of imidazole rings is 1. The van der Waals surface area contributed by atoms with Gasteiger partial charge in [-0.1, -0.05) is 18.2 Å². The van der Waals surface area contributed by atoms with Crippen LogP contribution in [0.1, 0.15) is 17.3 Å². The topological polar surface area (TPSA) is 70.9 Å². The van der Waals surface area contributed by atoms with Crippen LogP contribution in [0.2, 0.25) is 0 Å². The maximum atomic E-state index is 9.53. The highest BCUT2D eigenvalue weighted by Gasteiger charge is 2.17. The van der Waals surface area contributed by atoms with Crippen LogP contribution in [0.25, 0.3) is 11.0 Å². The molecular weight excluding hydrogens is 290 g/mol. The third-order valence-corrected chi connectivity index (χ3v) is 3.78. The first kappa shape index (κ1) is 14.9. The highest BCUT2D eigenvalue weighted by molar-refractivity contribution is 5.74. The maximum Gasteiger partial charge on any atom is 0.160 e. The van der Waals surface area contributed by atoms with Crippen LogP contribution in [0.3, 0.4) is 0 Å². The van der Waals surface area contributed by atoms with Crippen LogP contribution in [0.5, 0.6) is 11.5 Å². The number of nitrogens with one attached hydrogen (secondary N) is 1. The molecule has 5 heteroatoms. The second-order valence-electron chi connectivity index (χ2n) is 5.21. The number of para-hydroxylation sites is 2. The Labute approximate surface area is 134 Å². The standard InChI is InChI=1S/C18H17N3O2/c1-22-16-8-7-12(10-17(16)23-2)9-13(11-19)18-20-14-5-3-4-6-15(14)21-18/h3-8,10,13H,9H2,1-2H3,(H,20,21). The highest BCUT2D eigenvalue weighted by atomic mass is 16.5. The number of methoxy groups -OCH3 is 2. The molecule has 0 saturated heterocycles. The van der Waals surface area contributed by atoms with Crippen LogP contribution in [-0.4, -0.2) is 24.2 Å². The van der Waals surface area contributed by atoms with E-state index in [0.717, 1.165) is 16.6 Å². The lowest BCUT2D eigenvalue weighted by atomic mass is 9.99. The molecule has 1 unspecified atom stereocenters. The van der Waals surface area contributed by atoms with Gasteiger partial charge in [0.25, 0.3) is 0 Å². The Morgan fingerprint density at radius 3 is 2.61 bits per heavy atom. The van der Waals surface area contributed by atoms with Gasteiger partial charge in [-0.3, -0.25) is 0 Å². The number of nitrogens with zero attached hydrogens (tertiary/aromatic N) is 2. The van der Waals surface area contributed by atoms with E-state index in [1.807, 2.05) is 42.5 Å². The number of aromatic nitrogens is 2. The van der Waals surface area contributed by atoms with E-state index in [9.17, 15) is 5.26 Å². The van der Waals surface area contributed by atoms with Crippen LogP contribution >= 0.6 is 0 Å². The summed E-state index contributed by atoms with van der Waals surface area (Å²) in [5, 5.41) is 9.53. The maximum absolute atomic E-state index is 9.53. The van der Waals surface area contributed by atoms with Gasteiger partial charge >= 0.3 is 0 Å². The monoisotopic (exact) mass is 307 g/mol. The minimum absolute atomic E-state index is 0.347. The molecule has 0 aliphatic rings. The Balaban J connectivity index is 1.89. The van der Waals surface area contributed by atoms with Crippen LogP contribution in [0.4, 0.5) is 0 Å². The molecule has 23 heavy (non-hydrogen) atoms. The molecule has 0 aliphatic carbocycles. The number of rotatable bonds is 5. The molecule has 1 atom stereocenters. The number of hydrogen-bond acceptors (Lipinski definition) is 4. The van der Waals surface area contributed by atoms with Gasteiger partial charge in [0, 0.05) is 0 Å². The van der Waals surface area contributed by atoms with Crippen molar-refractivity contribution in [1.82, 2.24) is 9.97 Å². The molecule has 3 aromatic rings. The largest absolute Gasteiger partial charge is 0.493 e. The van der Waals surface area contributed by atoms with E-state index in [-0.39, 0.29) is 5.92 Å². The normalized spacial score (nSPS) is 11.9. The van der Waals surface area contributed by atoms with Crippen LogP contribution in [0.15, 0.2) is 42.5 Å². The summed E-state index contributed by atoms with van der Waals surface area (Å²) in [6.07, 6.45) is 0.552. The molecule has 0 saturated carbocycles. The number of nitriles is 1. The third kappa shape index (κ3) is 2.97. The summed E-state index contributed by atoms with van der Waals surface area (Å²) >= 11 is 0. The summed E-state index contributed by atoms with van der Waals surface area (Å²) in [6, 6.07) is 15.8.